The van der Waals surface area contributed by atoms with Crippen LogP contribution in [0.25, 0.3) is 44.7 Å². The van der Waals surface area contributed by atoms with Gasteiger partial charge in [-0.3, -0.25) is 18.3 Å². The summed E-state index contributed by atoms with van der Waals surface area (Å²) >= 11 is 0. The maximum atomic E-state index is 10.7. The molecule has 0 spiro atoms. The molecule has 4 saturated heterocycles. The zero-order valence-corrected chi connectivity index (χ0v) is 69.4. The summed E-state index contributed by atoms with van der Waals surface area (Å²) in [7, 11) is 1.50. The van der Waals surface area contributed by atoms with Crippen molar-refractivity contribution in [2.45, 2.75) is 185 Å². The lowest BCUT2D eigenvalue weighted by Crippen LogP contribution is -2.32. The number of pyridine rings is 2. The Morgan fingerprint density at radius 2 is 0.872 bits per heavy atom. The van der Waals surface area contributed by atoms with Crippen LogP contribution in [0, 0.1) is 6.92 Å². The van der Waals surface area contributed by atoms with E-state index < -0.39 is 126 Å². The molecular formula is C74H118N18O13P4. The van der Waals surface area contributed by atoms with Gasteiger partial charge in [0.15, 0.2) is 70.2 Å². The molecule has 8 aromatic heterocycles. The summed E-state index contributed by atoms with van der Waals surface area (Å²) in [6.45, 7) is 25.6. The molecule has 0 radical (unpaired) electrons. The molecule has 0 aromatic carbocycles. The smallest absolute Gasteiger partial charge is 0.320 e. The highest BCUT2D eigenvalue weighted by Gasteiger charge is 2.48. The van der Waals surface area contributed by atoms with Gasteiger partial charge in [-0.05, 0) is 149 Å². The molecular weight excluding hydrogens is 1470 g/mol. The molecule has 0 amide bonds. The lowest BCUT2D eigenvalue weighted by atomic mass is 10.1. The molecule has 31 nitrogen and oxygen atoms in total. The molecule has 109 heavy (non-hydrogen) atoms. The van der Waals surface area contributed by atoms with Gasteiger partial charge in [0.25, 0.3) is 0 Å². The van der Waals surface area contributed by atoms with Crippen LogP contribution in [0.2, 0.25) is 0 Å². The molecule has 35 heteroatoms. The number of rotatable bonds is 26. The molecule has 602 valence electrons. The molecule has 0 aliphatic carbocycles. The molecule has 12 rings (SSSR count). The van der Waals surface area contributed by atoms with Crippen LogP contribution in [0.1, 0.15) is 110 Å². The van der Waals surface area contributed by atoms with Gasteiger partial charge in [-0.1, -0.05) is 44.1 Å². The van der Waals surface area contributed by atoms with Crippen LogP contribution in [-0.4, -0.2) is 306 Å². The number of aliphatic hydroxyl groups excluding tert-OH is 8. The molecule has 8 aromatic rings. The van der Waals surface area contributed by atoms with E-state index in [-0.39, 0.29) is 6.01 Å². The third kappa shape index (κ3) is 21.3. The number of allylic oxidation sites excluding steroid dienone is 2. The summed E-state index contributed by atoms with van der Waals surface area (Å²) in [4.78, 5) is 44.0. The second-order valence-corrected chi connectivity index (χ2v) is 48.7. The highest BCUT2D eigenvalue weighted by molar-refractivity contribution is 7.73. The van der Waals surface area contributed by atoms with Gasteiger partial charge in [0, 0.05) is 31.9 Å². The van der Waals surface area contributed by atoms with Gasteiger partial charge in [0.1, 0.15) is 77.8 Å². The van der Waals surface area contributed by atoms with Crippen molar-refractivity contribution < 1.29 is 64.5 Å². The van der Waals surface area contributed by atoms with E-state index in [1.165, 1.54) is 24.6 Å². The highest BCUT2D eigenvalue weighted by Crippen LogP contribution is 2.45. The first kappa shape index (κ1) is 86.5. The fraction of sp³-hybridized carbons (Fsp3) is 0.595. The second-order valence-electron chi connectivity index (χ2n) is 31.4. The van der Waals surface area contributed by atoms with Crippen LogP contribution in [0.5, 0.6) is 6.01 Å². The van der Waals surface area contributed by atoms with Crippen molar-refractivity contribution in [2.24, 2.45) is 0 Å². The maximum Gasteiger partial charge on any atom is 0.320 e. The first-order valence-electron chi connectivity index (χ1n) is 37.0. The van der Waals surface area contributed by atoms with E-state index in [9.17, 15) is 40.9 Å². The van der Waals surface area contributed by atoms with E-state index in [2.05, 4.69) is 179 Å². The van der Waals surface area contributed by atoms with Crippen molar-refractivity contribution in [3.63, 3.8) is 0 Å². The van der Waals surface area contributed by atoms with Crippen LogP contribution in [0.4, 0.5) is 23.0 Å². The van der Waals surface area contributed by atoms with E-state index >= 15 is 0 Å². The number of imidazole rings is 4. The molecule has 0 saturated carbocycles. The number of hydrogen-bond donors (Lipinski definition) is 12. The third-order valence-corrected chi connectivity index (χ3v) is 25.6. The van der Waals surface area contributed by atoms with Crippen molar-refractivity contribution >= 4 is 120 Å². The molecule has 0 unspecified atom stereocenters. The Bertz CT molecular complexity index is 4680. The number of ether oxygens (including phenoxy) is 5. The van der Waals surface area contributed by atoms with Crippen LogP contribution >= 0.6 is 27.5 Å². The monoisotopic (exact) mass is 1590 g/mol. The SMILES string of the molecule is C=P(C)(C)CC[C@H]1O[C@@H](n2c(C)nc3c(N)ccnc32)[C@H](O)[C@@H]1O.C=P(C)(C)CC[C@H]1O[C@@H](n2c(CC)nc3c(N)ccnc32)[C@H](O)[C@@H]1O.C=P(C)(C)CC[C@H]1O[C@@H](n2cnc3c(NC/C=C(/C)CC)nc(OC)nc32)[C@H](O)[C@@H]1O.C=P(C)(C)CC[C@H]1O[C@@H](n2cnc3c(NC/C=C(/C)CC)ncnc32)[C@H](O)[C@@H]1O. The Morgan fingerprint density at radius 1 is 0.486 bits per heavy atom. The fourth-order valence-electron chi connectivity index (χ4n) is 13.1. The summed E-state index contributed by atoms with van der Waals surface area (Å²) in [5.74, 6) is 2.52. The Kier molecular flexibility index (Phi) is 29.0. The van der Waals surface area contributed by atoms with E-state index in [0.29, 0.717) is 119 Å². The summed E-state index contributed by atoms with van der Waals surface area (Å²) in [5, 5.41) is 90.7. The minimum atomic E-state index is -1.26. The maximum absolute atomic E-state index is 10.7. The van der Waals surface area contributed by atoms with E-state index in [4.69, 9.17) is 35.2 Å². The van der Waals surface area contributed by atoms with E-state index in [1.54, 1.807) is 55.4 Å². The number of hydrogen-bond acceptors (Lipinski definition) is 27. The zero-order chi connectivity index (χ0) is 79.9. The number of fused-ring (bicyclic) bond motifs is 4. The molecule has 4 fully saturated rings. The van der Waals surface area contributed by atoms with Gasteiger partial charge >= 0.3 is 6.01 Å². The Hall–Kier alpha value is -6.46. The molecule has 16 atom stereocenters. The average Bonchev–Trinajstić information content (AvgIpc) is 1.62. The van der Waals surface area contributed by atoms with Crippen molar-refractivity contribution in [3.8, 4) is 6.01 Å². The fourth-order valence-corrected chi connectivity index (χ4v) is 16.9. The number of aryl methyl sites for hydroxylation is 2. The molecule has 12 heterocycles. The first-order chi connectivity index (χ1) is 51.3. The summed E-state index contributed by atoms with van der Waals surface area (Å²) < 4.78 is 36.2. The number of aromatic nitrogens is 14. The van der Waals surface area contributed by atoms with E-state index in [1.807, 2.05) is 13.8 Å². The van der Waals surface area contributed by atoms with Crippen molar-refractivity contribution in [1.82, 2.24) is 68.1 Å². The van der Waals surface area contributed by atoms with Gasteiger partial charge in [-0.2, -0.15) is 9.97 Å². The molecule has 14 N–H and O–H groups in total. The number of nitrogens with zero attached hydrogens (tertiary/aromatic N) is 14. The third-order valence-electron chi connectivity index (χ3n) is 19.8. The number of methoxy groups -OCH3 is 1. The largest absolute Gasteiger partial charge is 0.467 e. The lowest BCUT2D eigenvalue weighted by Gasteiger charge is -2.19. The minimum absolute atomic E-state index is 0.182. The predicted molar refractivity (Wildman–Crippen MR) is 445 cm³/mol. The quantitative estimate of drug-likeness (QED) is 0.0192. The van der Waals surface area contributed by atoms with Crippen LogP contribution in [-0.2, 0) is 25.4 Å². The van der Waals surface area contributed by atoms with Gasteiger partial charge < -0.3 is 86.6 Å². The normalized spacial score (nSPS) is 26.2. The van der Waals surface area contributed by atoms with E-state index in [0.717, 1.165) is 43.3 Å². The molecule has 4 aliphatic heterocycles. The molecule has 0 bridgehead atoms. The number of nitrogens with two attached hydrogens (primary N) is 2. The predicted octanol–water partition coefficient (Wildman–Crippen LogP) is 6.97. The zero-order valence-electron chi connectivity index (χ0n) is 65.8. The number of nitrogen functional groups attached to an aromatic ring is 2. The topological polar surface area (TPSA) is 433 Å². The van der Waals surface area contributed by atoms with Crippen LogP contribution in [0.3, 0.4) is 0 Å². The number of anilines is 4. The Balaban J connectivity index is 0.000000168. The van der Waals surface area contributed by atoms with Crippen molar-refractivity contribution in [3.05, 3.63) is 78.5 Å². The van der Waals surface area contributed by atoms with Crippen molar-refractivity contribution in [1.29, 1.82) is 0 Å². The Labute approximate surface area is 639 Å². The second kappa shape index (κ2) is 36.6. The van der Waals surface area contributed by atoms with Gasteiger partial charge in [-0.25, -0.2) is 39.9 Å². The van der Waals surface area contributed by atoms with Crippen molar-refractivity contribution in [2.75, 3.05) is 120 Å². The van der Waals surface area contributed by atoms with Crippen LogP contribution in [0.15, 0.2) is 66.8 Å². The first-order valence-corrected chi connectivity index (χ1v) is 49.2. The number of nitrogens with one attached hydrogen (secondary N) is 2. The molecule has 4 aliphatic rings. The summed E-state index contributed by atoms with van der Waals surface area (Å²) in [5.41, 5.74) is 20.0. The standard InChI is InChI=1S/C21H34N5O4P.C20H32N5O3P.C17H27N4O3P.C16H25N4O3P/c1-7-13(2)8-10-22-18-15-19(25-21(24-18)29-3)26(12-23-15)20-17(28)16(27)14(30-20)9-11-31(4,5)6;1-6-13(2)7-9-21-18-15-19(23-11-22-18)25(12-24-15)20-17(27)16(26)14(28-20)8-10-29(3,4)5;1-5-12-20-13-10(18)6-8-19-16(13)21(12)17-15(23)14(22)11(24-17)7-9-25(2,3)4;1-9-19-12-10(17)5-7-18-15(12)20(9)16-14(22)13(21)11(23-16)6-8-24(2,3)4/h8,12,14,16-17,20,27-28H,4,7,9-11H2,1-3,5-6H3,(H,22,24,25);7,11-12,14,16-17,20,26-27H,3,6,8-10H2,1-2,4-5H3,(H,21,22,23);6,8,11,14-15,17,22-23H,2,5,7,9H2,1,3-4H3,(H2,18,19);5,7,11,13-14,16,21-22H,2,6,8H2,1,3-4H3,(H2,17,18)/b13-8-;13-7-;;/t2*14-,16-,17-,20-;11-,14-,15-,17-;11-,13-,14-,16-/m1111/s1. The average molecular weight is 1590 g/mol. The van der Waals surface area contributed by atoms with Crippen LogP contribution < -0.4 is 26.8 Å². The number of aliphatic hydroxyl groups is 8. The Morgan fingerprint density at radius 3 is 1.29 bits per heavy atom. The summed E-state index contributed by atoms with van der Waals surface area (Å²) in [6.07, 6.45) is 24.8. The van der Waals surface area contributed by atoms with Gasteiger partial charge in [0.05, 0.1) is 55.6 Å². The van der Waals surface area contributed by atoms with Gasteiger partial charge in [0.2, 0.25) is 0 Å². The minimum Gasteiger partial charge on any atom is -0.467 e. The van der Waals surface area contributed by atoms with Gasteiger partial charge in [-0.15, -0.1) is 52.7 Å². The summed E-state index contributed by atoms with van der Waals surface area (Å²) in [6, 6.07) is 3.56. The lowest BCUT2D eigenvalue weighted by molar-refractivity contribution is -0.0367. The highest BCUT2D eigenvalue weighted by atomic mass is 31.2.